The number of rotatable bonds is 2. The third kappa shape index (κ3) is 2.86. The highest BCUT2D eigenvalue weighted by molar-refractivity contribution is 5.85. The van der Waals surface area contributed by atoms with Crippen LogP contribution in [0.25, 0.3) is 0 Å². The van der Waals surface area contributed by atoms with Gasteiger partial charge in [0, 0.05) is 12.1 Å². The summed E-state index contributed by atoms with van der Waals surface area (Å²) >= 11 is 0. The number of ether oxygens (including phenoxy) is 1. The second-order valence-corrected chi connectivity index (χ2v) is 5.40. The molecule has 0 saturated carbocycles. The van der Waals surface area contributed by atoms with Gasteiger partial charge in [-0.1, -0.05) is 6.07 Å². The van der Waals surface area contributed by atoms with Crippen molar-refractivity contribution in [2.45, 2.75) is 43.9 Å². The fraction of sp³-hybridized carbons (Fsp3) is 0.533. The normalized spacial score (nSPS) is 29.4. The predicted octanol–water partition coefficient (Wildman–Crippen LogP) is 2.98. The van der Waals surface area contributed by atoms with Crippen molar-refractivity contribution in [3.05, 3.63) is 29.8 Å². The molecule has 0 aromatic heterocycles. The molecule has 0 N–H and O–H groups in total. The molecule has 2 heterocycles. The summed E-state index contributed by atoms with van der Waals surface area (Å²) in [4.78, 5) is 2.51. The van der Waals surface area contributed by atoms with E-state index in [0.29, 0.717) is 23.8 Å². The molecule has 1 aromatic carbocycles. The summed E-state index contributed by atoms with van der Waals surface area (Å²) in [7, 11) is 2.23. The molecule has 0 amide bonds. The van der Waals surface area contributed by atoms with Crippen LogP contribution >= 0.6 is 12.4 Å². The van der Waals surface area contributed by atoms with E-state index in [2.05, 4.69) is 18.0 Å². The Balaban J connectivity index is 0.00000133. The Bertz CT molecular complexity index is 471. The molecule has 2 saturated heterocycles. The van der Waals surface area contributed by atoms with Gasteiger partial charge in [0.05, 0.1) is 11.6 Å². The average molecular weight is 279 g/mol. The molecule has 2 aliphatic rings. The maximum atomic E-state index is 8.88. The van der Waals surface area contributed by atoms with E-state index in [1.165, 1.54) is 12.8 Å². The molecule has 3 atom stereocenters. The summed E-state index contributed by atoms with van der Waals surface area (Å²) in [6, 6.07) is 11.0. The smallest absolute Gasteiger partial charge is 0.121 e. The number of fused-ring (bicyclic) bond motifs is 2. The van der Waals surface area contributed by atoms with Gasteiger partial charge >= 0.3 is 0 Å². The topological polar surface area (TPSA) is 36.3 Å². The number of piperidine rings is 1. The van der Waals surface area contributed by atoms with Gasteiger partial charge in [0.2, 0.25) is 0 Å². The number of nitrogens with zero attached hydrogens (tertiary/aromatic N) is 2. The van der Waals surface area contributed by atoms with Crippen LogP contribution in [0.1, 0.15) is 31.2 Å². The lowest BCUT2D eigenvalue weighted by Crippen LogP contribution is -2.43. The second kappa shape index (κ2) is 5.81. The van der Waals surface area contributed by atoms with Crippen LogP contribution in [0.5, 0.6) is 5.75 Å². The van der Waals surface area contributed by atoms with E-state index in [1.807, 2.05) is 24.3 Å². The highest BCUT2D eigenvalue weighted by atomic mass is 35.5. The first-order valence-electron chi connectivity index (χ1n) is 6.65. The zero-order chi connectivity index (χ0) is 12.5. The van der Waals surface area contributed by atoms with Crippen molar-refractivity contribution in [2.75, 3.05) is 7.05 Å². The van der Waals surface area contributed by atoms with E-state index in [0.717, 1.165) is 18.6 Å². The first-order valence-corrected chi connectivity index (χ1v) is 6.65. The lowest BCUT2D eigenvalue weighted by atomic mass is 10.0. The van der Waals surface area contributed by atoms with Crippen LogP contribution in [0.2, 0.25) is 0 Å². The number of nitriles is 1. The monoisotopic (exact) mass is 278 g/mol. The zero-order valence-corrected chi connectivity index (χ0v) is 11.9. The maximum Gasteiger partial charge on any atom is 0.121 e. The fourth-order valence-electron chi connectivity index (χ4n) is 3.29. The molecule has 2 bridgehead atoms. The van der Waals surface area contributed by atoms with Crippen molar-refractivity contribution in [3.63, 3.8) is 0 Å². The molecule has 2 aliphatic heterocycles. The Hall–Kier alpha value is -1.24. The Morgan fingerprint density at radius 1 is 1.26 bits per heavy atom. The van der Waals surface area contributed by atoms with Crippen molar-refractivity contribution in [3.8, 4) is 11.8 Å². The van der Waals surface area contributed by atoms with Gasteiger partial charge in [-0.25, -0.2) is 0 Å². The van der Waals surface area contributed by atoms with E-state index in [4.69, 9.17) is 10.00 Å². The number of hydrogen-bond acceptors (Lipinski definition) is 3. The summed E-state index contributed by atoms with van der Waals surface area (Å²) in [5.74, 6) is 0.836. The second-order valence-electron chi connectivity index (χ2n) is 5.40. The van der Waals surface area contributed by atoms with Crippen LogP contribution in [0.3, 0.4) is 0 Å². The minimum absolute atomic E-state index is 0. The number of hydrogen-bond donors (Lipinski definition) is 0. The molecule has 1 aromatic rings. The largest absolute Gasteiger partial charge is 0.490 e. The van der Waals surface area contributed by atoms with E-state index < -0.39 is 0 Å². The molecule has 102 valence electrons. The minimum atomic E-state index is 0. The van der Waals surface area contributed by atoms with Gasteiger partial charge in [0.1, 0.15) is 11.9 Å². The molecule has 3 rings (SSSR count). The lowest BCUT2D eigenvalue weighted by Gasteiger charge is -2.36. The van der Waals surface area contributed by atoms with Crippen molar-refractivity contribution in [2.24, 2.45) is 0 Å². The molecular formula is C15H19ClN2O. The fourth-order valence-corrected chi connectivity index (χ4v) is 3.29. The lowest BCUT2D eigenvalue weighted by molar-refractivity contribution is 0.0661. The van der Waals surface area contributed by atoms with Crippen LogP contribution in [0.4, 0.5) is 0 Å². The maximum absolute atomic E-state index is 8.88. The summed E-state index contributed by atoms with van der Waals surface area (Å²) in [5.41, 5.74) is 0.670. The Morgan fingerprint density at radius 3 is 2.58 bits per heavy atom. The third-order valence-electron chi connectivity index (χ3n) is 4.32. The van der Waals surface area contributed by atoms with Gasteiger partial charge in [-0.3, -0.25) is 0 Å². The molecule has 0 aliphatic carbocycles. The van der Waals surface area contributed by atoms with Crippen LogP contribution in [0, 0.1) is 11.3 Å². The van der Waals surface area contributed by atoms with Crippen LogP contribution in [-0.4, -0.2) is 30.1 Å². The summed E-state index contributed by atoms with van der Waals surface area (Å²) in [5, 5.41) is 8.88. The summed E-state index contributed by atoms with van der Waals surface area (Å²) in [6.45, 7) is 0. The molecule has 0 radical (unpaired) electrons. The van der Waals surface area contributed by atoms with Crippen LogP contribution in [-0.2, 0) is 0 Å². The highest BCUT2D eigenvalue weighted by Crippen LogP contribution is 2.35. The van der Waals surface area contributed by atoms with Crippen LogP contribution < -0.4 is 4.74 Å². The van der Waals surface area contributed by atoms with Crippen molar-refractivity contribution in [1.82, 2.24) is 4.90 Å². The van der Waals surface area contributed by atoms with Crippen molar-refractivity contribution in [1.29, 1.82) is 5.26 Å². The first kappa shape index (κ1) is 14.2. The van der Waals surface area contributed by atoms with E-state index >= 15 is 0 Å². The van der Waals surface area contributed by atoms with Crippen molar-refractivity contribution < 1.29 is 4.74 Å². The standard InChI is InChI=1S/C15H18N2O.ClH/c1-17-12-5-6-13(17)9-15(8-12)18-14-4-2-3-11(7-14)10-16;/h2-4,7,12-13,15H,5-6,8-9H2,1H3;1H/t12-,13+,15+;. The van der Waals surface area contributed by atoms with Gasteiger partial charge in [-0.15, -0.1) is 12.4 Å². The Morgan fingerprint density at radius 2 is 1.95 bits per heavy atom. The number of benzene rings is 1. The minimum Gasteiger partial charge on any atom is -0.490 e. The average Bonchev–Trinajstić information content (AvgIpc) is 2.62. The Labute approximate surface area is 120 Å². The molecule has 4 heteroatoms. The van der Waals surface area contributed by atoms with Crippen molar-refractivity contribution >= 4 is 12.4 Å². The highest BCUT2D eigenvalue weighted by Gasteiger charge is 2.39. The van der Waals surface area contributed by atoms with Gasteiger partial charge < -0.3 is 9.64 Å². The van der Waals surface area contributed by atoms with Gasteiger partial charge in [0.25, 0.3) is 0 Å². The van der Waals surface area contributed by atoms with E-state index in [-0.39, 0.29) is 12.4 Å². The molecule has 0 spiro atoms. The van der Waals surface area contributed by atoms with Gasteiger partial charge in [-0.05, 0) is 50.9 Å². The van der Waals surface area contributed by atoms with Crippen LogP contribution in [0.15, 0.2) is 24.3 Å². The van der Waals surface area contributed by atoms with Gasteiger partial charge in [-0.2, -0.15) is 5.26 Å². The quantitative estimate of drug-likeness (QED) is 0.834. The molecule has 0 unspecified atom stereocenters. The SMILES string of the molecule is CN1[C@@H]2CC[C@H]1C[C@@H](Oc1cccc(C#N)c1)C2.Cl. The Kier molecular flexibility index (Phi) is 4.34. The number of halogens is 1. The predicted molar refractivity (Wildman–Crippen MR) is 76.6 cm³/mol. The molecule has 3 nitrogen and oxygen atoms in total. The summed E-state index contributed by atoms with van der Waals surface area (Å²) in [6.07, 6.45) is 5.15. The van der Waals surface area contributed by atoms with Gasteiger partial charge in [0.15, 0.2) is 0 Å². The first-order chi connectivity index (χ1) is 8.76. The van der Waals surface area contributed by atoms with E-state index in [9.17, 15) is 0 Å². The molecule has 2 fully saturated rings. The molecule has 19 heavy (non-hydrogen) atoms. The molecular weight excluding hydrogens is 260 g/mol. The van der Waals surface area contributed by atoms with E-state index in [1.54, 1.807) is 0 Å². The summed E-state index contributed by atoms with van der Waals surface area (Å²) < 4.78 is 6.05. The third-order valence-corrected chi connectivity index (χ3v) is 4.32. The zero-order valence-electron chi connectivity index (χ0n) is 11.1.